The summed E-state index contributed by atoms with van der Waals surface area (Å²) in [5.41, 5.74) is -0.149. The standard InChI is InChI=1S/C13H10ClN3O6/c1-23-11(18)6-16-12(19)9(15-13(16)20)4-7-2-3-8(14)10(5-7)17(21)22/h2-5H,6H2,1H3,(H,15,20). The van der Waals surface area contributed by atoms with Crippen LogP contribution in [-0.4, -0.2) is 41.4 Å². The number of urea groups is 1. The molecule has 0 bridgehead atoms. The molecule has 23 heavy (non-hydrogen) atoms. The van der Waals surface area contributed by atoms with E-state index in [2.05, 4.69) is 10.1 Å². The van der Waals surface area contributed by atoms with E-state index in [0.717, 1.165) is 13.2 Å². The van der Waals surface area contributed by atoms with Crippen molar-refractivity contribution in [2.24, 2.45) is 0 Å². The van der Waals surface area contributed by atoms with Crippen molar-refractivity contribution < 1.29 is 24.0 Å². The molecule has 0 saturated carbocycles. The third kappa shape index (κ3) is 3.46. The Morgan fingerprint density at radius 3 is 2.78 bits per heavy atom. The Morgan fingerprint density at radius 2 is 2.17 bits per heavy atom. The predicted molar refractivity (Wildman–Crippen MR) is 78.3 cm³/mol. The van der Waals surface area contributed by atoms with Crippen molar-refractivity contribution in [3.05, 3.63) is 44.6 Å². The fourth-order valence-corrected chi connectivity index (χ4v) is 2.02. The van der Waals surface area contributed by atoms with Crippen LogP contribution in [0.2, 0.25) is 5.02 Å². The van der Waals surface area contributed by atoms with Crippen molar-refractivity contribution in [1.82, 2.24) is 10.2 Å². The van der Waals surface area contributed by atoms with Gasteiger partial charge in [-0.25, -0.2) is 9.69 Å². The molecule has 0 radical (unpaired) electrons. The Labute approximate surface area is 134 Å². The minimum atomic E-state index is -0.782. The van der Waals surface area contributed by atoms with Gasteiger partial charge in [-0.15, -0.1) is 0 Å². The first-order valence-electron chi connectivity index (χ1n) is 6.18. The lowest BCUT2D eigenvalue weighted by atomic mass is 10.1. The zero-order valence-electron chi connectivity index (χ0n) is 11.7. The number of nitrogens with zero attached hydrogens (tertiary/aromatic N) is 2. The van der Waals surface area contributed by atoms with Crippen LogP contribution in [0.25, 0.3) is 6.08 Å². The number of hydrogen-bond acceptors (Lipinski definition) is 6. The van der Waals surface area contributed by atoms with E-state index in [4.69, 9.17) is 11.6 Å². The molecule has 3 amide bonds. The maximum absolute atomic E-state index is 12.1. The van der Waals surface area contributed by atoms with Gasteiger partial charge in [0.15, 0.2) is 0 Å². The molecule has 0 atom stereocenters. The Balaban J connectivity index is 2.29. The average molecular weight is 340 g/mol. The third-order valence-corrected chi connectivity index (χ3v) is 3.27. The fraction of sp³-hybridized carbons (Fsp3) is 0.154. The van der Waals surface area contributed by atoms with Crippen molar-refractivity contribution >= 4 is 41.3 Å². The van der Waals surface area contributed by atoms with E-state index in [1.54, 1.807) is 0 Å². The molecule has 0 spiro atoms. The molecule has 120 valence electrons. The quantitative estimate of drug-likeness (QED) is 0.290. The second kappa shape index (κ2) is 6.44. The number of methoxy groups -OCH3 is 1. The number of nitro benzene ring substituents is 1. The fourth-order valence-electron chi connectivity index (χ4n) is 1.83. The minimum Gasteiger partial charge on any atom is -0.468 e. The Hall–Kier alpha value is -2.94. The molecule has 1 aromatic rings. The summed E-state index contributed by atoms with van der Waals surface area (Å²) in [4.78, 5) is 45.8. The number of hydrogen-bond donors (Lipinski definition) is 1. The number of carbonyl (C=O) groups is 3. The molecule has 1 heterocycles. The van der Waals surface area contributed by atoms with Crippen LogP contribution in [0.1, 0.15) is 5.56 Å². The maximum Gasteiger partial charge on any atom is 0.329 e. The van der Waals surface area contributed by atoms with Gasteiger partial charge in [-0.1, -0.05) is 17.7 Å². The number of benzene rings is 1. The second-order valence-corrected chi connectivity index (χ2v) is 4.83. The molecule has 0 aromatic heterocycles. The molecular weight excluding hydrogens is 330 g/mol. The molecule has 1 aromatic carbocycles. The highest BCUT2D eigenvalue weighted by Crippen LogP contribution is 2.26. The van der Waals surface area contributed by atoms with E-state index >= 15 is 0 Å². The van der Waals surface area contributed by atoms with E-state index < -0.39 is 29.4 Å². The minimum absolute atomic E-state index is 0.0498. The van der Waals surface area contributed by atoms with E-state index in [9.17, 15) is 24.5 Å². The van der Waals surface area contributed by atoms with Crippen molar-refractivity contribution in [3.63, 3.8) is 0 Å². The van der Waals surface area contributed by atoms with Crippen molar-refractivity contribution in [3.8, 4) is 0 Å². The summed E-state index contributed by atoms with van der Waals surface area (Å²) in [6, 6.07) is 3.14. The SMILES string of the molecule is COC(=O)CN1C(=O)NC(=Cc2ccc(Cl)c([N+](=O)[O-])c2)C1=O. The molecular formula is C13H10ClN3O6. The zero-order valence-corrected chi connectivity index (χ0v) is 12.5. The average Bonchev–Trinajstić information content (AvgIpc) is 2.76. The van der Waals surface area contributed by atoms with Gasteiger partial charge in [-0.2, -0.15) is 0 Å². The molecule has 1 aliphatic heterocycles. The van der Waals surface area contributed by atoms with Crippen LogP contribution in [0.5, 0.6) is 0 Å². The number of esters is 1. The summed E-state index contributed by atoms with van der Waals surface area (Å²) in [5, 5.41) is 13.1. The summed E-state index contributed by atoms with van der Waals surface area (Å²) >= 11 is 5.70. The van der Waals surface area contributed by atoms with Crippen LogP contribution in [0, 0.1) is 10.1 Å². The number of halogens is 1. The number of carbonyl (C=O) groups excluding carboxylic acids is 3. The lowest BCUT2D eigenvalue weighted by Gasteiger charge is -2.08. The highest BCUT2D eigenvalue weighted by Gasteiger charge is 2.35. The first-order valence-corrected chi connectivity index (χ1v) is 6.56. The highest BCUT2D eigenvalue weighted by molar-refractivity contribution is 6.32. The maximum atomic E-state index is 12.1. The summed E-state index contributed by atoms with van der Waals surface area (Å²) < 4.78 is 4.40. The number of nitro groups is 1. The molecule has 0 unspecified atom stereocenters. The topological polar surface area (TPSA) is 119 Å². The third-order valence-electron chi connectivity index (χ3n) is 2.96. The van der Waals surface area contributed by atoms with Gasteiger partial charge in [0.2, 0.25) is 0 Å². The Kier molecular flexibility index (Phi) is 4.60. The Bertz CT molecular complexity index is 745. The highest BCUT2D eigenvalue weighted by atomic mass is 35.5. The van der Waals surface area contributed by atoms with Crippen LogP contribution in [-0.2, 0) is 14.3 Å². The first-order chi connectivity index (χ1) is 10.8. The number of imide groups is 1. The van der Waals surface area contributed by atoms with E-state index in [1.807, 2.05) is 0 Å². The molecule has 2 rings (SSSR count). The molecule has 9 nitrogen and oxygen atoms in total. The van der Waals surface area contributed by atoms with Gasteiger partial charge in [0.05, 0.1) is 12.0 Å². The second-order valence-electron chi connectivity index (χ2n) is 4.42. The molecule has 1 aliphatic rings. The first kappa shape index (κ1) is 16.4. The van der Waals surface area contributed by atoms with Gasteiger partial charge in [-0.3, -0.25) is 19.7 Å². The number of nitrogens with one attached hydrogen (secondary N) is 1. The normalized spacial score (nSPS) is 15.7. The van der Waals surface area contributed by atoms with Crippen LogP contribution in [0.3, 0.4) is 0 Å². The van der Waals surface area contributed by atoms with Crippen molar-refractivity contribution in [2.75, 3.05) is 13.7 Å². The molecule has 0 aliphatic carbocycles. The van der Waals surface area contributed by atoms with Crippen LogP contribution >= 0.6 is 11.6 Å². The molecule has 1 N–H and O–H groups in total. The van der Waals surface area contributed by atoms with Crippen molar-refractivity contribution in [2.45, 2.75) is 0 Å². The zero-order chi connectivity index (χ0) is 17.1. The van der Waals surface area contributed by atoms with Gasteiger partial charge in [0.1, 0.15) is 17.3 Å². The van der Waals surface area contributed by atoms with Gasteiger partial charge < -0.3 is 10.1 Å². The van der Waals surface area contributed by atoms with E-state index in [1.165, 1.54) is 18.2 Å². The number of ether oxygens (including phenoxy) is 1. The number of amides is 3. The van der Waals surface area contributed by atoms with Gasteiger partial charge >= 0.3 is 12.0 Å². The largest absolute Gasteiger partial charge is 0.468 e. The number of rotatable bonds is 4. The van der Waals surface area contributed by atoms with Crippen LogP contribution in [0.4, 0.5) is 10.5 Å². The van der Waals surface area contributed by atoms with E-state index in [0.29, 0.717) is 10.5 Å². The van der Waals surface area contributed by atoms with Gasteiger partial charge in [-0.05, 0) is 17.7 Å². The monoisotopic (exact) mass is 339 g/mol. The van der Waals surface area contributed by atoms with Crippen LogP contribution < -0.4 is 5.32 Å². The summed E-state index contributed by atoms with van der Waals surface area (Å²) in [6.07, 6.45) is 1.25. The molecule has 10 heteroatoms. The Morgan fingerprint density at radius 1 is 1.48 bits per heavy atom. The summed E-state index contributed by atoms with van der Waals surface area (Å²) in [5.74, 6) is -1.49. The predicted octanol–water partition coefficient (Wildman–Crippen LogP) is 1.31. The van der Waals surface area contributed by atoms with Gasteiger partial charge in [0.25, 0.3) is 11.6 Å². The summed E-state index contributed by atoms with van der Waals surface area (Å²) in [7, 11) is 1.13. The van der Waals surface area contributed by atoms with E-state index in [-0.39, 0.29) is 16.4 Å². The summed E-state index contributed by atoms with van der Waals surface area (Å²) in [6.45, 7) is -0.528. The lowest BCUT2D eigenvalue weighted by Crippen LogP contribution is -2.36. The smallest absolute Gasteiger partial charge is 0.329 e. The molecule has 1 fully saturated rings. The van der Waals surface area contributed by atoms with Crippen LogP contribution in [0.15, 0.2) is 23.9 Å². The van der Waals surface area contributed by atoms with Crippen molar-refractivity contribution in [1.29, 1.82) is 0 Å². The molecule has 1 saturated heterocycles. The van der Waals surface area contributed by atoms with Gasteiger partial charge in [0, 0.05) is 6.07 Å². The lowest BCUT2D eigenvalue weighted by molar-refractivity contribution is -0.384.